The van der Waals surface area contributed by atoms with Gasteiger partial charge in [0.2, 0.25) is 11.8 Å². The highest BCUT2D eigenvalue weighted by Crippen LogP contribution is 2.39. The lowest BCUT2D eigenvalue weighted by molar-refractivity contribution is -0.127. The van der Waals surface area contributed by atoms with E-state index in [1.807, 2.05) is 6.92 Å². The Morgan fingerprint density at radius 2 is 1.72 bits per heavy atom. The quantitative estimate of drug-likeness (QED) is 0.781. The van der Waals surface area contributed by atoms with Gasteiger partial charge in [-0.15, -0.1) is 0 Å². The van der Waals surface area contributed by atoms with Crippen molar-refractivity contribution in [2.75, 3.05) is 6.54 Å². The van der Waals surface area contributed by atoms with Gasteiger partial charge in [0.25, 0.3) is 0 Å². The Balaban J connectivity index is 1.70. The average Bonchev–Trinajstić information content (AvgIpc) is 3.17. The van der Waals surface area contributed by atoms with Gasteiger partial charge in [-0.1, -0.05) is 26.2 Å². The SMILES string of the molecule is CCCNC(=O)C1CC1C(=O)NC1CCCCC1. The molecule has 4 nitrogen and oxygen atoms in total. The van der Waals surface area contributed by atoms with Crippen molar-refractivity contribution in [1.82, 2.24) is 10.6 Å². The highest BCUT2D eigenvalue weighted by atomic mass is 16.2. The number of amides is 2. The highest BCUT2D eigenvalue weighted by Gasteiger charge is 2.48. The van der Waals surface area contributed by atoms with Crippen LogP contribution in [0.25, 0.3) is 0 Å². The summed E-state index contributed by atoms with van der Waals surface area (Å²) in [6, 6.07) is 0.353. The van der Waals surface area contributed by atoms with Crippen molar-refractivity contribution < 1.29 is 9.59 Å². The number of nitrogens with one attached hydrogen (secondary N) is 2. The van der Waals surface area contributed by atoms with E-state index in [1.165, 1.54) is 19.3 Å². The molecule has 2 amide bonds. The molecule has 0 aromatic carbocycles. The lowest BCUT2D eigenvalue weighted by Crippen LogP contribution is -2.38. The van der Waals surface area contributed by atoms with Gasteiger partial charge in [0.05, 0.1) is 11.8 Å². The molecule has 2 rings (SSSR count). The smallest absolute Gasteiger partial charge is 0.224 e. The monoisotopic (exact) mass is 252 g/mol. The van der Waals surface area contributed by atoms with Crippen LogP contribution in [0.5, 0.6) is 0 Å². The van der Waals surface area contributed by atoms with Crippen LogP contribution in [-0.4, -0.2) is 24.4 Å². The number of hydrogen-bond acceptors (Lipinski definition) is 2. The van der Waals surface area contributed by atoms with Crippen LogP contribution in [-0.2, 0) is 9.59 Å². The molecule has 0 aliphatic heterocycles. The van der Waals surface area contributed by atoms with E-state index in [0.717, 1.165) is 25.7 Å². The van der Waals surface area contributed by atoms with E-state index in [9.17, 15) is 9.59 Å². The summed E-state index contributed by atoms with van der Waals surface area (Å²) >= 11 is 0. The molecular weight excluding hydrogens is 228 g/mol. The Labute approximate surface area is 109 Å². The van der Waals surface area contributed by atoms with Crippen molar-refractivity contribution in [2.45, 2.75) is 57.9 Å². The summed E-state index contributed by atoms with van der Waals surface area (Å²) in [6.07, 6.45) is 7.60. The Morgan fingerprint density at radius 3 is 2.39 bits per heavy atom. The second kappa shape index (κ2) is 6.21. The van der Waals surface area contributed by atoms with Crippen LogP contribution >= 0.6 is 0 Å². The minimum atomic E-state index is -0.0693. The molecule has 0 aromatic heterocycles. The topological polar surface area (TPSA) is 58.2 Å². The molecule has 0 heterocycles. The van der Waals surface area contributed by atoms with Crippen molar-refractivity contribution in [3.63, 3.8) is 0 Å². The summed E-state index contributed by atoms with van der Waals surface area (Å²) in [7, 11) is 0. The zero-order valence-electron chi connectivity index (χ0n) is 11.2. The number of rotatable bonds is 5. The summed E-state index contributed by atoms with van der Waals surface area (Å²) in [5.41, 5.74) is 0. The zero-order valence-corrected chi connectivity index (χ0v) is 11.2. The molecule has 18 heavy (non-hydrogen) atoms. The van der Waals surface area contributed by atoms with E-state index in [4.69, 9.17) is 0 Å². The van der Waals surface area contributed by atoms with Crippen LogP contribution < -0.4 is 10.6 Å². The third-order valence-corrected chi connectivity index (χ3v) is 3.96. The van der Waals surface area contributed by atoms with Gasteiger partial charge in [-0.3, -0.25) is 9.59 Å². The van der Waals surface area contributed by atoms with Gasteiger partial charge in [-0.2, -0.15) is 0 Å². The fourth-order valence-electron chi connectivity index (χ4n) is 2.71. The van der Waals surface area contributed by atoms with Gasteiger partial charge in [0.1, 0.15) is 0 Å². The molecule has 0 aromatic rings. The van der Waals surface area contributed by atoms with Crippen molar-refractivity contribution in [1.29, 1.82) is 0 Å². The molecule has 0 bridgehead atoms. The molecule has 2 unspecified atom stereocenters. The average molecular weight is 252 g/mol. The molecule has 2 N–H and O–H groups in total. The summed E-state index contributed by atoms with van der Waals surface area (Å²) in [4.78, 5) is 23.7. The molecule has 0 saturated heterocycles. The van der Waals surface area contributed by atoms with Gasteiger partial charge >= 0.3 is 0 Å². The molecule has 2 aliphatic carbocycles. The summed E-state index contributed by atoms with van der Waals surface area (Å²) in [6.45, 7) is 2.74. The Morgan fingerprint density at radius 1 is 1.06 bits per heavy atom. The predicted octanol–water partition coefficient (Wildman–Crippen LogP) is 1.60. The third kappa shape index (κ3) is 3.47. The molecule has 2 fully saturated rings. The highest BCUT2D eigenvalue weighted by molar-refractivity contribution is 5.92. The van der Waals surface area contributed by atoms with E-state index in [1.54, 1.807) is 0 Å². The Hall–Kier alpha value is -1.06. The lowest BCUT2D eigenvalue weighted by Gasteiger charge is -2.22. The van der Waals surface area contributed by atoms with Crippen LogP contribution in [0.4, 0.5) is 0 Å². The van der Waals surface area contributed by atoms with Gasteiger partial charge in [-0.05, 0) is 25.7 Å². The van der Waals surface area contributed by atoms with E-state index in [2.05, 4.69) is 10.6 Å². The third-order valence-electron chi connectivity index (χ3n) is 3.96. The molecule has 2 atom stereocenters. The van der Waals surface area contributed by atoms with Crippen LogP contribution in [0, 0.1) is 11.8 Å². The zero-order chi connectivity index (χ0) is 13.0. The molecule has 0 spiro atoms. The largest absolute Gasteiger partial charge is 0.356 e. The van der Waals surface area contributed by atoms with E-state index < -0.39 is 0 Å². The fraction of sp³-hybridized carbons (Fsp3) is 0.857. The second-order valence-corrected chi connectivity index (χ2v) is 5.58. The standard InChI is InChI=1S/C14H24N2O2/c1-2-8-15-13(17)11-9-12(11)14(18)16-10-6-4-3-5-7-10/h10-12H,2-9H2,1H3,(H,15,17)(H,16,18). The van der Waals surface area contributed by atoms with Crippen molar-refractivity contribution in [2.24, 2.45) is 11.8 Å². The van der Waals surface area contributed by atoms with Crippen molar-refractivity contribution in [3.05, 3.63) is 0 Å². The van der Waals surface area contributed by atoms with E-state index in [-0.39, 0.29) is 23.7 Å². The minimum absolute atomic E-state index is 0.0562. The first-order valence-electron chi connectivity index (χ1n) is 7.30. The lowest BCUT2D eigenvalue weighted by atomic mass is 9.95. The van der Waals surface area contributed by atoms with Gasteiger partial charge in [-0.25, -0.2) is 0 Å². The predicted molar refractivity (Wildman–Crippen MR) is 69.9 cm³/mol. The maximum atomic E-state index is 12.0. The maximum absolute atomic E-state index is 12.0. The molecule has 102 valence electrons. The van der Waals surface area contributed by atoms with Gasteiger partial charge in [0, 0.05) is 12.6 Å². The number of carbonyl (C=O) groups is 2. The molecule has 2 saturated carbocycles. The first-order chi connectivity index (χ1) is 8.72. The van der Waals surface area contributed by atoms with Crippen LogP contribution in [0.3, 0.4) is 0 Å². The molecule has 2 aliphatic rings. The summed E-state index contributed by atoms with van der Waals surface area (Å²) < 4.78 is 0. The van der Waals surface area contributed by atoms with E-state index in [0.29, 0.717) is 12.6 Å². The summed E-state index contributed by atoms with van der Waals surface area (Å²) in [5.74, 6) is 0.0168. The second-order valence-electron chi connectivity index (χ2n) is 5.58. The van der Waals surface area contributed by atoms with Crippen molar-refractivity contribution >= 4 is 11.8 Å². The van der Waals surface area contributed by atoms with Crippen LogP contribution in [0.1, 0.15) is 51.9 Å². The Bertz CT molecular complexity index is 311. The fourth-order valence-corrected chi connectivity index (χ4v) is 2.71. The number of hydrogen-bond donors (Lipinski definition) is 2. The molecular formula is C14H24N2O2. The minimum Gasteiger partial charge on any atom is -0.356 e. The Kier molecular flexibility index (Phi) is 4.61. The maximum Gasteiger partial charge on any atom is 0.224 e. The first-order valence-corrected chi connectivity index (χ1v) is 7.30. The van der Waals surface area contributed by atoms with Gasteiger partial charge in [0.15, 0.2) is 0 Å². The summed E-state index contributed by atoms with van der Waals surface area (Å²) in [5, 5.41) is 5.97. The van der Waals surface area contributed by atoms with Gasteiger partial charge < -0.3 is 10.6 Å². The normalized spacial score (nSPS) is 27.6. The first kappa shape index (κ1) is 13.4. The van der Waals surface area contributed by atoms with Crippen LogP contribution in [0.15, 0.2) is 0 Å². The molecule has 4 heteroatoms. The van der Waals surface area contributed by atoms with E-state index >= 15 is 0 Å². The van der Waals surface area contributed by atoms with Crippen LogP contribution in [0.2, 0.25) is 0 Å². The van der Waals surface area contributed by atoms with Crippen molar-refractivity contribution in [3.8, 4) is 0 Å². The molecule has 0 radical (unpaired) electrons. The number of carbonyl (C=O) groups excluding carboxylic acids is 2.